The zero-order valence-electron chi connectivity index (χ0n) is 21.6. The Morgan fingerprint density at radius 2 is 1.95 bits per heavy atom. The van der Waals surface area contributed by atoms with Gasteiger partial charge in [0.25, 0.3) is 10.0 Å². The van der Waals surface area contributed by atoms with Crippen molar-refractivity contribution in [3.63, 3.8) is 0 Å². The van der Waals surface area contributed by atoms with Crippen molar-refractivity contribution in [1.29, 1.82) is 0 Å². The van der Waals surface area contributed by atoms with Crippen LogP contribution in [0.15, 0.2) is 59.6 Å². The van der Waals surface area contributed by atoms with Crippen LogP contribution in [-0.4, -0.2) is 78.4 Å². The SMILES string of the molecule is O=C(N[C@@H](Cc1ccccc1)[C@H](O)CN(OC1CCCC1)S(=O)(=O)c1ccc2cn[nH]c2c1)O[C@H]1CCOC1. The summed E-state index contributed by atoms with van der Waals surface area (Å²) in [5, 5.41) is 21.6. The first-order chi connectivity index (χ1) is 18.9. The van der Waals surface area contributed by atoms with Gasteiger partial charge in [-0.05, 0) is 43.0 Å². The van der Waals surface area contributed by atoms with Crippen LogP contribution in [0.1, 0.15) is 37.7 Å². The number of aliphatic hydroxyl groups is 1. The van der Waals surface area contributed by atoms with E-state index in [2.05, 4.69) is 15.5 Å². The van der Waals surface area contributed by atoms with Crippen molar-refractivity contribution in [2.24, 2.45) is 0 Å². The van der Waals surface area contributed by atoms with Crippen LogP contribution in [-0.2, 0) is 30.8 Å². The Kier molecular flexibility index (Phi) is 8.78. The maximum Gasteiger partial charge on any atom is 0.407 e. The first-order valence-electron chi connectivity index (χ1n) is 13.3. The van der Waals surface area contributed by atoms with Crippen molar-refractivity contribution in [2.75, 3.05) is 19.8 Å². The van der Waals surface area contributed by atoms with Crippen LogP contribution >= 0.6 is 0 Å². The van der Waals surface area contributed by atoms with Gasteiger partial charge in [0.1, 0.15) is 6.10 Å². The number of fused-ring (bicyclic) bond motifs is 1. The minimum Gasteiger partial charge on any atom is -0.444 e. The third-order valence-corrected chi connectivity index (χ3v) is 8.73. The fourth-order valence-electron chi connectivity index (χ4n) is 4.93. The number of rotatable bonds is 11. The van der Waals surface area contributed by atoms with Gasteiger partial charge >= 0.3 is 6.09 Å². The summed E-state index contributed by atoms with van der Waals surface area (Å²) in [6.45, 7) is 0.453. The van der Waals surface area contributed by atoms with E-state index < -0.39 is 28.3 Å². The first kappa shape index (κ1) is 27.5. The second kappa shape index (κ2) is 12.4. The Bertz CT molecular complexity index is 1340. The number of H-pyrrole nitrogens is 1. The number of amides is 1. The number of hydrogen-bond donors (Lipinski definition) is 3. The lowest BCUT2D eigenvalue weighted by atomic mass is 10.0. The third kappa shape index (κ3) is 6.95. The van der Waals surface area contributed by atoms with Gasteiger partial charge in [0.05, 0.1) is 54.6 Å². The van der Waals surface area contributed by atoms with E-state index in [0.29, 0.717) is 25.2 Å². The lowest BCUT2D eigenvalue weighted by molar-refractivity contribution is -0.145. The molecule has 1 aromatic heterocycles. The van der Waals surface area contributed by atoms with Gasteiger partial charge in [-0.25, -0.2) is 13.2 Å². The molecule has 1 aliphatic heterocycles. The molecule has 0 spiro atoms. The van der Waals surface area contributed by atoms with E-state index in [1.807, 2.05) is 30.3 Å². The van der Waals surface area contributed by atoms with Crippen LogP contribution in [0, 0.1) is 0 Å². The average Bonchev–Trinajstić information content (AvgIpc) is 3.71. The van der Waals surface area contributed by atoms with Crippen molar-refractivity contribution in [1.82, 2.24) is 20.0 Å². The monoisotopic (exact) mass is 558 g/mol. The summed E-state index contributed by atoms with van der Waals surface area (Å²) >= 11 is 0. The number of carbonyl (C=O) groups excluding carboxylic acids is 1. The van der Waals surface area contributed by atoms with E-state index in [4.69, 9.17) is 14.3 Å². The van der Waals surface area contributed by atoms with E-state index in [-0.39, 0.29) is 30.1 Å². The summed E-state index contributed by atoms with van der Waals surface area (Å²) in [5.41, 5.74) is 1.43. The number of benzene rings is 2. The standard InChI is InChI=1S/C27H34N4O7S/c32-26(25(14-19-6-2-1-3-7-19)29-27(33)37-22-12-13-36-18-22)17-31(38-21-8-4-5-9-21)39(34,35)23-11-10-20-16-28-30-24(20)15-23/h1-3,6-7,10-11,15-16,21-22,25-26,32H,4-5,8-9,12-14,17-18H2,(H,28,30)(H,29,33)/t22-,25-,26+/m0/s1. The highest BCUT2D eigenvalue weighted by Crippen LogP contribution is 2.27. The second-order valence-corrected chi connectivity index (χ2v) is 11.8. The molecule has 3 N–H and O–H groups in total. The second-order valence-electron chi connectivity index (χ2n) is 10.0. The molecular weight excluding hydrogens is 524 g/mol. The number of aromatic amines is 1. The average molecular weight is 559 g/mol. The van der Waals surface area contributed by atoms with Crippen molar-refractivity contribution < 1.29 is 32.6 Å². The molecule has 39 heavy (non-hydrogen) atoms. The molecule has 0 bridgehead atoms. The molecule has 3 atom stereocenters. The van der Waals surface area contributed by atoms with Gasteiger partial charge in [0.2, 0.25) is 0 Å². The number of nitrogens with zero attached hydrogens (tertiary/aromatic N) is 2. The number of hydrogen-bond acceptors (Lipinski definition) is 8. The number of ether oxygens (including phenoxy) is 2. The van der Waals surface area contributed by atoms with E-state index in [1.165, 1.54) is 12.1 Å². The molecule has 2 aliphatic rings. The number of aliphatic hydroxyl groups excluding tert-OH is 1. The highest BCUT2D eigenvalue weighted by Gasteiger charge is 2.35. The van der Waals surface area contributed by atoms with Crippen molar-refractivity contribution in [3.8, 4) is 0 Å². The molecule has 0 radical (unpaired) electrons. The lowest BCUT2D eigenvalue weighted by Gasteiger charge is -2.30. The van der Waals surface area contributed by atoms with Crippen LogP contribution in [0.5, 0.6) is 0 Å². The fourth-order valence-corrected chi connectivity index (χ4v) is 6.25. The largest absolute Gasteiger partial charge is 0.444 e. The molecule has 11 nitrogen and oxygen atoms in total. The zero-order valence-corrected chi connectivity index (χ0v) is 22.4. The quantitative estimate of drug-likeness (QED) is 0.305. The van der Waals surface area contributed by atoms with E-state index in [0.717, 1.165) is 41.1 Å². The maximum atomic E-state index is 13.8. The van der Waals surface area contributed by atoms with E-state index >= 15 is 0 Å². The predicted molar refractivity (Wildman–Crippen MR) is 142 cm³/mol. The molecule has 2 heterocycles. The normalized spacial score (nSPS) is 19.9. The smallest absolute Gasteiger partial charge is 0.407 e. The van der Waals surface area contributed by atoms with Gasteiger partial charge in [-0.1, -0.05) is 47.6 Å². The molecular formula is C27H34N4O7S. The summed E-state index contributed by atoms with van der Waals surface area (Å²) in [7, 11) is -4.16. The van der Waals surface area contributed by atoms with Gasteiger partial charge in [0.15, 0.2) is 0 Å². The van der Waals surface area contributed by atoms with Crippen LogP contribution < -0.4 is 5.32 Å². The Morgan fingerprint density at radius 1 is 1.15 bits per heavy atom. The van der Waals surface area contributed by atoms with E-state index in [1.54, 1.807) is 12.3 Å². The molecule has 12 heteroatoms. The van der Waals surface area contributed by atoms with Crippen LogP contribution in [0.4, 0.5) is 4.79 Å². The van der Waals surface area contributed by atoms with Crippen molar-refractivity contribution in [2.45, 2.75) is 67.8 Å². The molecule has 1 saturated carbocycles. The summed E-state index contributed by atoms with van der Waals surface area (Å²) in [5.74, 6) is 0. The molecule has 1 amide bonds. The number of hydroxylamine groups is 1. The van der Waals surface area contributed by atoms with Crippen molar-refractivity contribution in [3.05, 3.63) is 60.3 Å². The zero-order chi connectivity index (χ0) is 27.2. The van der Waals surface area contributed by atoms with Gasteiger partial charge in [-0.15, -0.1) is 0 Å². The van der Waals surface area contributed by atoms with Gasteiger partial charge < -0.3 is 19.9 Å². The molecule has 3 aromatic rings. The minimum atomic E-state index is -4.16. The highest BCUT2D eigenvalue weighted by atomic mass is 32.2. The molecule has 2 aromatic carbocycles. The van der Waals surface area contributed by atoms with Gasteiger partial charge in [0, 0.05) is 11.8 Å². The lowest BCUT2D eigenvalue weighted by Crippen LogP contribution is -2.51. The molecule has 1 aliphatic carbocycles. The van der Waals surface area contributed by atoms with E-state index in [9.17, 15) is 18.3 Å². The Morgan fingerprint density at radius 3 is 2.69 bits per heavy atom. The van der Waals surface area contributed by atoms with Crippen molar-refractivity contribution >= 4 is 27.0 Å². The molecule has 5 rings (SSSR count). The fraction of sp³-hybridized carbons (Fsp3) is 0.481. The molecule has 1 saturated heterocycles. The summed E-state index contributed by atoms with van der Waals surface area (Å²) in [6, 6.07) is 13.1. The molecule has 210 valence electrons. The first-order valence-corrected chi connectivity index (χ1v) is 14.7. The third-order valence-electron chi connectivity index (χ3n) is 7.11. The Labute approximate surface area is 227 Å². The number of carbonyl (C=O) groups is 1. The number of nitrogens with one attached hydrogen (secondary N) is 2. The van der Waals surface area contributed by atoms with Crippen LogP contribution in [0.3, 0.4) is 0 Å². The number of sulfonamides is 1. The number of alkyl carbamates (subject to hydrolysis) is 1. The highest BCUT2D eigenvalue weighted by molar-refractivity contribution is 7.89. The maximum absolute atomic E-state index is 13.8. The summed E-state index contributed by atoms with van der Waals surface area (Å²) in [6.07, 6.45) is 3.16. The van der Waals surface area contributed by atoms with Crippen LogP contribution in [0.25, 0.3) is 10.9 Å². The predicted octanol–water partition coefficient (Wildman–Crippen LogP) is 2.92. The summed E-state index contributed by atoms with van der Waals surface area (Å²) < 4.78 is 39.2. The molecule has 0 unspecified atom stereocenters. The van der Waals surface area contributed by atoms with Gasteiger partial charge in [-0.2, -0.15) is 5.10 Å². The van der Waals surface area contributed by atoms with Gasteiger partial charge in [-0.3, -0.25) is 9.94 Å². The Hall–Kier alpha value is -3.03. The van der Waals surface area contributed by atoms with Crippen LogP contribution in [0.2, 0.25) is 0 Å². The minimum absolute atomic E-state index is 0.0117. The topological polar surface area (TPSA) is 143 Å². The molecule has 2 fully saturated rings. The summed E-state index contributed by atoms with van der Waals surface area (Å²) in [4.78, 5) is 18.7. The number of aromatic nitrogens is 2. The Balaban J connectivity index is 1.37.